The van der Waals surface area contributed by atoms with Gasteiger partial charge in [-0.2, -0.15) is 5.26 Å². The van der Waals surface area contributed by atoms with E-state index in [1.54, 1.807) is 0 Å². The van der Waals surface area contributed by atoms with Gasteiger partial charge in [0.05, 0.1) is 22.3 Å². The van der Waals surface area contributed by atoms with E-state index in [2.05, 4.69) is 0 Å². The van der Waals surface area contributed by atoms with Gasteiger partial charge in [-0.05, 0) is 18.2 Å². The van der Waals surface area contributed by atoms with Crippen LogP contribution in [0.1, 0.15) is 5.56 Å². The van der Waals surface area contributed by atoms with Crippen molar-refractivity contribution in [3.8, 4) is 6.07 Å². The predicted molar refractivity (Wildman–Crippen MR) is 57.2 cm³/mol. The van der Waals surface area contributed by atoms with E-state index < -0.39 is 17.8 Å². The van der Waals surface area contributed by atoms with Crippen molar-refractivity contribution in [2.75, 3.05) is 4.90 Å². The molecule has 1 saturated heterocycles. The zero-order chi connectivity index (χ0) is 12.6. The predicted octanol–water partition coefficient (Wildman–Crippen LogP) is 0.794. The molecule has 6 nitrogen and oxygen atoms in total. The average molecular weight is 250 g/mol. The summed E-state index contributed by atoms with van der Waals surface area (Å²) in [6.07, 6.45) is 0. The van der Waals surface area contributed by atoms with Crippen molar-refractivity contribution in [1.29, 1.82) is 5.26 Å². The molecule has 0 radical (unpaired) electrons. The number of rotatable bonds is 1. The highest BCUT2D eigenvalue weighted by molar-refractivity contribution is 6.53. The lowest BCUT2D eigenvalue weighted by Gasteiger charge is -2.12. The second-order valence-corrected chi connectivity index (χ2v) is 3.59. The number of nitrogens with zero attached hydrogens (tertiary/aromatic N) is 2. The van der Waals surface area contributed by atoms with Crippen molar-refractivity contribution < 1.29 is 14.4 Å². The van der Waals surface area contributed by atoms with E-state index in [1.807, 2.05) is 11.4 Å². The molecule has 1 N–H and O–H groups in total. The quantitative estimate of drug-likeness (QED) is 0.589. The Kier molecular flexibility index (Phi) is 2.54. The van der Waals surface area contributed by atoms with Crippen molar-refractivity contribution in [2.45, 2.75) is 0 Å². The summed E-state index contributed by atoms with van der Waals surface area (Å²) in [6.45, 7) is 0. The van der Waals surface area contributed by atoms with Gasteiger partial charge < -0.3 is 0 Å². The lowest BCUT2D eigenvalue weighted by molar-refractivity contribution is -0.134. The van der Waals surface area contributed by atoms with Crippen molar-refractivity contribution in [2.24, 2.45) is 0 Å². The second-order valence-electron chi connectivity index (χ2n) is 3.18. The number of amides is 4. The average Bonchev–Trinajstić information content (AvgIpc) is 2.55. The molecule has 0 saturated carbocycles. The zero-order valence-electron chi connectivity index (χ0n) is 8.23. The number of halogens is 1. The number of hydrogen-bond donors (Lipinski definition) is 1. The minimum absolute atomic E-state index is 0.0130. The van der Waals surface area contributed by atoms with Gasteiger partial charge in [0.2, 0.25) is 0 Å². The molecule has 1 aromatic carbocycles. The molecule has 0 atom stereocenters. The molecule has 1 fully saturated rings. The van der Waals surface area contributed by atoms with Crippen molar-refractivity contribution in [3.63, 3.8) is 0 Å². The summed E-state index contributed by atoms with van der Waals surface area (Å²) in [5.41, 5.74) is 0.239. The molecule has 1 aromatic rings. The van der Waals surface area contributed by atoms with Crippen LogP contribution in [-0.2, 0) is 9.59 Å². The Morgan fingerprint density at radius 3 is 2.53 bits per heavy atom. The van der Waals surface area contributed by atoms with Gasteiger partial charge in [0, 0.05) is 0 Å². The van der Waals surface area contributed by atoms with Crippen molar-refractivity contribution in [3.05, 3.63) is 28.8 Å². The van der Waals surface area contributed by atoms with E-state index in [9.17, 15) is 14.4 Å². The van der Waals surface area contributed by atoms with E-state index in [-0.39, 0.29) is 16.3 Å². The van der Waals surface area contributed by atoms with Gasteiger partial charge in [0.15, 0.2) is 0 Å². The maximum absolute atomic E-state index is 11.4. The SMILES string of the molecule is N#Cc1ccc(Cl)c(N2C(=O)NC(=O)C2=O)c1. The third kappa shape index (κ3) is 1.73. The normalized spacial score (nSPS) is 14.8. The Labute approximate surface area is 100 Å². The lowest BCUT2D eigenvalue weighted by atomic mass is 10.2. The smallest absolute Gasteiger partial charge is 0.269 e. The number of carbonyl (C=O) groups is 3. The zero-order valence-corrected chi connectivity index (χ0v) is 8.99. The third-order valence-corrected chi connectivity index (χ3v) is 2.46. The van der Waals surface area contributed by atoms with Crippen LogP contribution in [0, 0.1) is 11.3 Å². The Hall–Kier alpha value is -2.39. The molecular weight excluding hydrogens is 246 g/mol. The monoisotopic (exact) mass is 249 g/mol. The fraction of sp³-hybridized carbons (Fsp3) is 0. The Morgan fingerprint density at radius 1 is 1.29 bits per heavy atom. The van der Waals surface area contributed by atoms with Crippen LogP contribution in [0.15, 0.2) is 18.2 Å². The molecule has 0 unspecified atom stereocenters. The summed E-state index contributed by atoms with van der Waals surface area (Å²) < 4.78 is 0. The first-order valence-electron chi connectivity index (χ1n) is 4.43. The van der Waals surface area contributed by atoms with E-state index >= 15 is 0 Å². The number of nitrogens with one attached hydrogen (secondary N) is 1. The molecule has 0 aliphatic carbocycles. The van der Waals surface area contributed by atoms with Crippen LogP contribution in [0.4, 0.5) is 10.5 Å². The second kappa shape index (κ2) is 3.88. The van der Waals surface area contributed by atoms with Crippen LogP contribution in [0.2, 0.25) is 5.02 Å². The number of anilines is 1. The van der Waals surface area contributed by atoms with Crippen LogP contribution < -0.4 is 10.2 Å². The number of benzene rings is 1. The first kappa shape index (κ1) is 11.1. The minimum Gasteiger partial charge on any atom is -0.269 e. The summed E-state index contributed by atoms with van der Waals surface area (Å²) >= 11 is 5.82. The first-order chi connectivity index (χ1) is 8.04. The maximum Gasteiger partial charge on any atom is 0.336 e. The van der Waals surface area contributed by atoms with Crippen molar-refractivity contribution in [1.82, 2.24) is 5.32 Å². The summed E-state index contributed by atoms with van der Waals surface area (Å²) in [5, 5.41) is 10.7. The molecule has 1 aliphatic heterocycles. The van der Waals surface area contributed by atoms with Gasteiger partial charge in [-0.3, -0.25) is 14.9 Å². The number of urea groups is 1. The molecule has 1 heterocycles. The molecule has 4 amide bonds. The Morgan fingerprint density at radius 2 is 2.00 bits per heavy atom. The van der Waals surface area contributed by atoms with E-state index in [1.165, 1.54) is 18.2 Å². The number of nitriles is 1. The summed E-state index contributed by atoms with van der Waals surface area (Å²) in [4.78, 5) is 34.4. The van der Waals surface area contributed by atoms with Gasteiger partial charge in [0.25, 0.3) is 0 Å². The maximum atomic E-state index is 11.4. The fourth-order valence-corrected chi connectivity index (χ4v) is 1.57. The van der Waals surface area contributed by atoms with Gasteiger partial charge in [0.1, 0.15) is 0 Å². The molecular formula is C10H4ClN3O3. The standard InChI is InChI=1S/C10H4ClN3O3/c11-6-2-1-5(4-12)3-7(6)14-9(16)8(15)13-10(14)17/h1-3H,(H,13,15,17). The van der Waals surface area contributed by atoms with E-state index in [4.69, 9.17) is 16.9 Å². The van der Waals surface area contributed by atoms with E-state index in [0.29, 0.717) is 4.90 Å². The summed E-state index contributed by atoms with van der Waals surface area (Å²) in [7, 11) is 0. The molecule has 84 valence electrons. The molecule has 17 heavy (non-hydrogen) atoms. The minimum atomic E-state index is -1.02. The third-order valence-electron chi connectivity index (χ3n) is 2.14. The highest BCUT2D eigenvalue weighted by Crippen LogP contribution is 2.28. The van der Waals surface area contributed by atoms with Crippen molar-refractivity contribution >= 4 is 35.1 Å². The molecule has 2 rings (SSSR count). The van der Waals surface area contributed by atoms with Crippen LogP contribution in [-0.4, -0.2) is 17.8 Å². The molecule has 0 spiro atoms. The van der Waals surface area contributed by atoms with E-state index in [0.717, 1.165) is 0 Å². The van der Waals surface area contributed by atoms with Crippen LogP contribution in [0.3, 0.4) is 0 Å². The lowest BCUT2D eigenvalue weighted by Crippen LogP contribution is -2.31. The highest BCUT2D eigenvalue weighted by Gasteiger charge is 2.39. The molecule has 0 aromatic heterocycles. The van der Waals surface area contributed by atoms with Gasteiger partial charge in [-0.1, -0.05) is 11.6 Å². The number of hydrogen-bond acceptors (Lipinski definition) is 4. The Bertz CT molecular complexity index is 591. The molecule has 0 bridgehead atoms. The molecule has 7 heteroatoms. The van der Waals surface area contributed by atoms with Crippen LogP contribution >= 0.6 is 11.6 Å². The topological polar surface area (TPSA) is 90.3 Å². The van der Waals surface area contributed by atoms with Gasteiger partial charge >= 0.3 is 17.8 Å². The first-order valence-corrected chi connectivity index (χ1v) is 4.81. The summed E-state index contributed by atoms with van der Waals surface area (Å²) in [6, 6.07) is 5.04. The molecule has 1 aliphatic rings. The fourth-order valence-electron chi connectivity index (χ4n) is 1.37. The largest absolute Gasteiger partial charge is 0.336 e. The van der Waals surface area contributed by atoms with Gasteiger partial charge in [-0.25, -0.2) is 9.69 Å². The number of imide groups is 2. The summed E-state index contributed by atoms with van der Waals surface area (Å²) in [5.74, 6) is -2.04. The van der Waals surface area contributed by atoms with Crippen LogP contribution in [0.25, 0.3) is 0 Å². The number of carbonyl (C=O) groups excluding carboxylic acids is 3. The Balaban J connectivity index is 2.54. The van der Waals surface area contributed by atoms with Crippen LogP contribution in [0.5, 0.6) is 0 Å². The highest BCUT2D eigenvalue weighted by atomic mass is 35.5. The van der Waals surface area contributed by atoms with Gasteiger partial charge in [-0.15, -0.1) is 0 Å².